The van der Waals surface area contributed by atoms with Gasteiger partial charge in [0.1, 0.15) is 5.75 Å². The van der Waals surface area contributed by atoms with Crippen molar-refractivity contribution in [2.75, 3.05) is 18.2 Å². The maximum absolute atomic E-state index is 13.3. The van der Waals surface area contributed by atoms with Crippen LogP contribution >= 0.6 is 23.5 Å². The lowest BCUT2D eigenvalue weighted by Crippen LogP contribution is -2.24. The Morgan fingerprint density at radius 1 is 1.23 bits per heavy atom. The molecule has 0 bridgehead atoms. The molecule has 1 aromatic heterocycles. The van der Waals surface area contributed by atoms with Crippen LogP contribution < -0.4 is 15.6 Å². The van der Waals surface area contributed by atoms with Gasteiger partial charge in [0.05, 0.1) is 29.1 Å². The summed E-state index contributed by atoms with van der Waals surface area (Å²) in [5.74, 6) is 0.707. The number of nitrogens with one attached hydrogen (secondary N) is 1. The number of ether oxygens (including phenoxy) is 1. The average molecular weight is 454 g/mol. The number of hydrogen-bond donors (Lipinski definition) is 1. The number of aryl methyl sites for hydroxylation is 1. The highest BCUT2D eigenvalue weighted by molar-refractivity contribution is 8.00. The summed E-state index contributed by atoms with van der Waals surface area (Å²) in [4.78, 5) is 31.3. The first-order valence-corrected chi connectivity index (χ1v) is 11.8. The summed E-state index contributed by atoms with van der Waals surface area (Å²) >= 11 is 2.84. The molecule has 2 aromatic carbocycles. The number of fused-ring (bicyclic) bond motifs is 1. The molecule has 1 unspecified atom stereocenters. The van der Waals surface area contributed by atoms with Crippen molar-refractivity contribution >= 4 is 35.1 Å². The number of nitrogens with zero attached hydrogens (tertiary/aromatic N) is 2. The summed E-state index contributed by atoms with van der Waals surface area (Å²) in [5.41, 5.74) is 3.31. The molecule has 1 aliphatic rings. The third kappa shape index (κ3) is 4.80. The molecule has 3 aromatic rings. The van der Waals surface area contributed by atoms with Gasteiger partial charge in [0.15, 0.2) is 5.16 Å². The van der Waals surface area contributed by atoms with Gasteiger partial charge in [0.25, 0.3) is 5.56 Å². The molecule has 1 amide bonds. The first-order chi connectivity index (χ1) is 14.9. The quantitative estimate of drug-likeness (QED) is 0.443. The lowest BCUT2D eigenvalue weighted by molar-refractivity contribution is -0.113. The molecule has 2 heterocycles. The number of benzene rings is 2. The second kappa shape index (κ2) is 9.20. The number of carbonyl (C=O) groups excluding carboxylic acids is 1. The molecular formula is C23H23N3O3S2. The van der Waals surface area contributed by atoms with Crippen molar-refractivity contribution in [1.29, 1.82) is 0 Å². The van der Waals surface area contributed by atoms with E-state index in [1.807, 2.05) is 31.2 Å². The van der Waals surface area contributed by atoms with Gasteiger partial charge < -0.3 is 10.1 Å². The van der Waals surface area contributed by atoms with Crippen molar-refractivity contribution < 1.29 is 9.53 Å². The number of methoxy groups -OCH3 is 1. The molecule has 0 radical (unpaired) electrons. The van der Waals surface area contributed by atoms with E-state index in [-0.39, 0.29) is 17.2 Å². The summed E-state index contributed by atoms with van der Waals surface area (Å²) in [7, 11) is 1.60. The second-order valence-corrected chi connectivity index (χ2v) is 9.74. The zero-order valence-electron chi connectivity index (χ0n) is 17.5. The topological polar surface area (TPSA) is 73.2 Å². The standard InChI is InChI=1S/C23H23N3O3S2/c1-14-4-8-17(9-5-14)26-22(28)21-19(12-15(2)31-21)25-23(26)30-13-20(27)24-16-6-10-18(29-3)11-7-16/h4-11,15H,12-13H2,1-3H3,(H,24,27). The van der Waals surface area contributed by atoms with Gasteiger partial charge in [0, 0.05) is 17.4 Å². The Morgan fingerprint density at radius 3 is 2.61 bits per heavy atom. The molecule has 0 saturated carbocycles. The van der Waals surface area contributed by atoms with E-state index in [1.54, 1.807) is 47.7 Å². The van der Waals surface area contributed by atoms with Crippen LogP contribution in [-0.2, 0) is 11.2 Å². The van der Waals surface area contributed by atoms with Crippen LogP contribution in [-0.4, -0.2) is 33.6 Å². The Bertz CT molecular complexity index is 1160. The Hall–Kier alpha value is -2.71. The molecule has 6 nitrogen and oxygen atoms in total. The number of aromatic nitrogens is 2. The Kier molecular flexibility index (Phi) is 6.38. The maximum Gasteiger partial charge on any atom is 0.272 e. The molecule has 0 saturated heterocycles. The summed E-state index contributed by atoms with van der Waals surface area (Å²) in [6, 6.07) is 14.9. The summed E-state index contributed by atoms with van der Waals surface area (Å²) < 4.78 is 6.76. The van der Waals surface area contributed by atoms with Crippen LogP contribution in [0.4, 0.5) is 5.69 Å². The molecule has 160 valence electrons. The molecule has 31 heavy (non-hydrogen) atoms. The first kappa shape index (κ1) is 21.5. The van der Waals surface area contributed by atoms with Crippen molar-refractivity contribution in [3.05, 3.63) is 70.1 Å². The largest absolute Gasteiger partial charge is 0.497 e. The molecule has 4 rings (SSSR count). The maximum atomic E-state index is 13.3. The third-order valence-electron chi connectivity index (χ3n) is 4.88. The van der Waals surface area contributed by atoms with E-state index in [1.165, 1.54) is 11.8 Å². The van der Waals surface area contributed by atoms with Gasteiger partial charge >= 0.3 is 0 Å². The molecular weight excluding hydrogens is 430 g/mol. The van der Waals surface area contributed by atoms with Gasteiger partial charge in [-0.1, -0.05) is 36.4 Å². The second-order valence-electron chi connectivity index (χ2n) is 7.34. The van der Waals surface area contributed by atoms with Crippen LogP contribution in [0, 0.1) is 6.92 Å². The summed E-state index contributed by atoms with van der Waals surface area (Å²) in [6.45, 7) is 4.10. The van der Waals surface area contributed by atoms with Gasteiger partial charge in [-0.2, -0.15) is 0 Å². The van der Waals surface area contributed by atoms with E-state index < -0.39 is 0 Å². The minimum atomic E-state index is -0.164. The Balaban J connectivity index is 1.58. The number of carbonyl (C=O) groups is 1. The summed E-state index contributed by atoms with van der Waals surface area (Å²) in [6.07, 6.45) is 0.760. The third-order valence-corrected chi connectivity index (χ3v) is 7.03. The van der Waals surface area contributed by atoms with Crippen molar-refractivity contribution in [3.8, 4) is 11.4 Å². The predicted octanol–water partition coefficient (Wildman–Crippen LogP) is 4.32. The molecule has 8 heteroatoms. The minimum absolute atomic E-state index is 0.0683. The van der Waals surface area contributed by atoms with Gasteiger partial charge in [-0.15, -0.1) is 11.8 Å². The lowest BCUT2D eigenvalue weighted by atomic mass is 10.2. The number of amides is 1. The van der Waals surface area contributed by atoms with E-state index >= 15 is 0 Å². The zero-order chi connectivity index (χ0) is 22.0. The van der Waals surface area contributed by atoms with E-state index in [0.717, 1.165) is 29.1 Å². The molecule has 1 atom stereocenters. The van der Waals surface area contributed by atoms with Gasteiger partial charge in [-0.25, -0.2) is 4.98 Å². The molecule has 0 aliphatic carbocycles. The number of anilines is 1. The fraction of sp³-hybridized carbons (Fsp3) is 0.261. The smallest absolute Gasteiger partial charge is 0.272 e. The van der Waals surface area contributed by atoms with E-state index in [9.17, 15) is 9.59 Å². The lowest BCUT2D eigenvalue weighted by Gasteiger charge is -2.14. The van der Waals surface area contributed by atoms with Crippen LogP contribution in [0.15, 0.2) is 63.4 Å². The zero-order valence-corrected chi connectivity index (χ0v) is 19.2. The average Bonchev–Trinajstić information content (AvgIpc) is 3.14. The number of thioether (sulfide) groups is 2. The van der Waals surface area contributed by atoms with Crippen molar-refractivity contribution in [3.63, 3.8) is 0 Å². The highest BCUT2D eigenvalue weighted by Gasteiger charge is 2.27. The fourth-order valence-corrected chi connectivity index (χ4v) is 5.25. The van der Waals surface area contributed by atoms with E-state index in [2.05, 4.69) is 12.2 Å². The van der Waals surface area contributed by atoms with Crippen LogP contribution in [0.25, 0.3) is 5.69 Å². The van der Waals surface area contributed by atoms with Gasteiger partial charge in [-0.05, 0) is 43.3 Å². The SMILES string of the molecule is COc1ccc(NC(=O)CSc2nc3c(c(=O)n2-c2ccc(C)cc2)SC(C)C3)cc1. The van der Waals surface area contributed by atoms with E-state index in [0.29, 0.717) is 21.0 Å². The molecule has 0 fully saturated rings. The van der Waals surface area contributed by atoms with Crippen LogP contribution in [0.3, 0.4) is 0 Å². The predicted molar refractivity (Wildman–Crippen MR) is 126 cm³/mol. The van der Waals surface area contributed by atoms with E-state index in [4.69, 9.17) is 9.72 Å². The van der Waals surface area contributed by atoms with Crippen molar-refractivity contribution in [2.45, 2.75) is 35.6 Å². The Morgan fingerprint density at radius 2 is 1.94 bits per heavy atom. The molecule has 1 aliphatic heterocycles. The normalized spacial score (nSPS) is 14.9. The van der Waals surface area contributed by atoms with Crippen molar-refractivity contribution in [2.24, 2.45) is 0 Å². The summed E-state index contributed by atoms with van der Waals surface area (Å²) in [5, 5.41) is 3.72. The highest BCUT2D eigenvalue weighted by atomic mass is 32.2. The van der Waals surface area contributed by atoms with Crippen LogP contribution in [0.2, 0.25) is 0 Å². The molecule has 1 N–H and O–H groups in total. The van der Waals surface area contributed by atoms with Crippen molar-refractivity contribution in [1.82, 2.24) is 9.55 Å². The van der Waals surface area contributed by atoms with Gasteiger partial charge in [0.2, 0.25) is 5.91 Å². The fourth-order valence-electron chi connectivity index (χ4n) is 3.32. The highest BCUT2D eigenvalue weighted by Crippen LogP contribution is 2.35. The molecule has 0 spiro atoms. The minimum Gasteiger partial charge on any atom is -0.497 e. The van der Waals surface area contributed by atoms with Crippen LogP contribution in [0.1, 0.15) is 18.2 Å². The first-order valence-electron chi connectivity index (χ1n) is 9.91. The van der Waals surface area contributed by atoms with Gasteiger partial charge in [-0.3, -0.25) is 14.2 Å². The Labute approximate surface area is 189 Å². The number of hydrogen-bond acceptors (Lipinski definition) is 6. The van der Waals surface area contributed by atoms with Crippen LogP contribution in [0.5, 0.6) is 5.75 Å². The monoisotopic (exact) mass is 453 g/mol. The number of rotatable bonds is 6.